The minimum Gasteiger partial charge on any atom is -0.460 e. The van der Waals surface area contributed by atoms with E-state index in [1.807, 2.05) is 0 Å². The molecule has 0 aromatic rings. The van der Waals surface area contributed by atoms with E-state index in [1.165, 1.54) is 5.23 Å². The molecule has 0 rings (SSSR count). The van der Waals surface area contributed by atoms with E-state index in [9.17, 15) is 9.90 Å². The van der Waals surface area contributed by atoms with E-state index in [1.54, 1.807) is 20.8 Å². The van der Waals surface area contributed by atoms with Crippen LogP contribution in [-0.2, 0) is 19.2 Å². The molecule has 0 heterocycles. The van der Waals surface area contributed by atoms with Crippen molar-refractivity contribution in [3.05, 3.63) is 12.2 Å². The molecular weight excluding hydrogens is 226 g/mol. The maximum Gasteiger partial charge on any atom is 0.333 e. The molecule has 0 fully saturated rings. The van der Waals surface area contributed by atoms with Crippen molar-refractivity contribution in [1.29, 1.82) is 0 Å². The highest BCUT2D eigenvalue weighted by molar-refractivity contribution is 5.86. The maximum absolute atomic E-state index is 11.1. The van der Waals surface area contributed by atoms with E-state index < -0.39 is 12.1 Å². The van der Waals surface area contributed by atoms with E-state index in [0.29, 0.717) is 18.8 Å². The lowest BCUT2D eigenvalue weighted by Crippen LogP contribution is -2.35. The van der Waals surface area contributed by atoms with Gasteiger partial charge >= 0.3 is 5.97 Å². The van der Waals surface area contributed by atoms with Gasteiger partial charge in [0.15, 0.2) is 0 Å². The van der Waals surface area contributed by atoms with Crippen molar-refractivity contribution in [1.82, 2.24) is 5.23 Å². The number of rotatable bonds is 9. The molecule has 0 aliphatic carbocycles. The van der Waals surface area contributed by atoms with Crippen LogP contribution in [0.15, 0.2) is 12.2 Å². The van der Waals surface area contributed by atoms with Crippen LogP contribution in [0, 0.1) is 0 Å². The van der Waals surface area contributed by atoms with Crippen LogP contribution in [-0.4, -0.2) is 48.8 Å². The molecule has 0 spiro atoms. The second-order valence-corrected chi connectivity index (χ2v) is 3.38. The van der Waals surface area contributed by atoms with Crippen LogP contribution in [0.1, 0.15) is 20.8 Å². The van der Waals surface area contributed by atoms with Crippen molar-refractivity contribution in [2.45, 2.75) is 26.9 Å². The lowest BCUT2D eigenvalue weighted by atomic mass is 10.3. The number of nitrogens with zero attached hydrogens (tertiary/aromatic N) is 1. The average molecular weight is 247 g/mol. The van der Waals surface area contributed by atoms with Crippen LogP contribution in [0.4, 0.5) is 0 Å². The van der Waals surface area contributed by atoms with E-state index in [0.717, 1.165) is 0 Å². The van der Waals surface area contributed by atoms with Gasteiger partial charge in [0.05, 0.1) is 19.8 Å². The monoisotopic (exact) mass is 247 g/mol. The van der Waals surface area contributed by atoms with Crippen molar-refractivity contribution in [2.75, 3.05) is 26.4 Å². The summed E-state index contributed by atoms with van der Waals surface area (Å²) in [5.41, 5.74) is 0.295. The van der Waals surface area contributed by atoms with E-state index in [4.69, 9.17) is 14.4 Å². The summed E-state index contributed by atoms with van der Waals surface area (Å²) in [7, 11) is 0. The van der Waals surface area contributed by atoms with Gasteiger partial charge in [0, 0.05) is 5.57 Å². The first kappa shape index (κ1) is 16.1. The number of ether oxygens (including phenoxy) is 1. The Bertz CT molecular complexity index is 238. The second kappa shape index (κ2) is 9.12. The van der Waals surface area contributed by atoms with Crippen molar-refractivity contribution < 1.29 is 24.3 Å². The Balaban J connectivity index is 3.92. The molecule has 0 radical (unpaired) electrons. The molecule has 0 aliphatic rings. The first-order chi connectivity index (χ1) is 8.01. The Morgan fingerprint density at radius 1 is 1.35 bits per heavy atom. The lowest BCUT2D eigenvalue weighted by Gasteiger charge is -2.22. The predicted molar refractivity (Wildman–Crippen MR) is 61.7 cm³/mol. The van der Waals surface area contributed by atoms with E-state index in [-0.39, 0.29) is 13.2 Å². The topological polar surface area (TPSA) is 68.2 Å². The third-order valence-corrected chi connectivity index (χ3v) is 1.66. The molecule has 6 heteroatoms. The smallest absolute Gasteiger partial charge is 0.333 e. The van der Waals surface area contributed by atoms with Crippen LogP contribution < -0.4 is 0 Å². The number of aliphatic hydroxyl groups is 1. The van der Waals surface area contributed by atoms with Crippen LogP contribution in [0.5, 0.6) is 0 Å². The molecule has 0 aromatic carbocycles. The molecule has 6 nitrogen and oxygen atoms in total. The fourth-order valence-electron chi connectivity index (χ4n) is 0.951. The zero-order valence-corrected chi connectivity index (χ0v) is 10.6. The fraction of sp³-hybridized carbons (Fsp3) is 0.727. The molecule has 0 aliphatic heterocycles. The number of carbonyl (C=O) groups excluding carboxylic acids is 1. The molecule has 0 saturated carbocycles. The summed E-state index contributed by atoms with van der Waals surface area (Å²) >= 11 is 0. The third-order valence-electron chi connectivity index (χ3n) is 1.66. The van der Waals surface area contributed by atoms with E-state index in [2.05, 4.69) is 6.58 Å². The Morgan fingerprint density at radius 2 is 1.88 bits per heavy atom. The molecule has 1 N–H and O–H groups in total. The molecular formula is C11H21NO5. The lowest BCUT2D eigenvalue weighted by molar-refractivity contribution is -0.371. The number of hydrogen-bond donors (Lipinski definition) is 1. The average Bonchev–Trinajstić information content (AvgIpc) is 2.26. The van der Waals surface area contributed by atoms with Crippen LogP contribution in [0.3, 0.4) is 0 Å². The SMILES string of the molecule is C=C(C)C(=O)OCC(O)CN(OCC)OCC. The highest BCUT2D eigenvalue weighted by atomic mass is 16.9. The molecule has 17 heavy (non-hydrogen) atoms. The summed E-state index contributed by atoms with van der Waals surface area (Å²) in [5, 5.41) is 10.8. The number of aliphatic hydroxyl groups excluding tert-OH is 1. The normalized spacial score (nSPS) is 12.5. The summed E-state index contributed by atoms with van der Waals surface area (Å²) < 4.78 is 4.80. The Kier molecular flexibility index (Phi) is 8.61. The minimum absolute atomic E-state index is 0.102. The highest BCUT2D eigenvalue weighted by Crippen LogP contribution is 1.99. The summed E-state index contributed by atoms with van der Waals surface area (Å²) in [6, 6.07) is 0. The summed E-state index contributed by atoms with van der Waals surface area (Å²) in [4.78, 5) is 21.3. The Labute approximate surface area is 102 Å². The minimum atomic E-state index is -0.878. The van der Waals surface area contributed by atoms with Gasteiger partial charge < -0.3 is 9.84 Å². The van der Waals surface area contributed by atoms with E-state index >= 15 is 0 Å². The standard InChI is InChI=1S/C11H21NO5/c1-5-16-12(17-6-2)7-10(13)8-15-11(14)9(3)4/h10,13H,3,5-8H2,1-2,4H3. The molecule has 1 atom stereocenters. The van der Waals surface area contributed by atoms with Gasteiger partial charge in [-0.3, -0.25) is 9.68 Å². The summed E-state index contributed by atoms with van der Waals surface area (Å²) in [6.45, 7) is 9.43. The summed E-state index contributed by atoms with van der Waals surface area (Å²) in [6.07, 6.45) is -0.878. The molecule has 0 saturated heterocycles. The Morgan fingerprint density at radius 3 is 2.29 bits per heavy atom. The summed E-state index contributed by atoms with van der Waals surface area (Å²) in [5.74, 6) is -0.525. The van der Waals surface area contributed by atoms with Crippen molar-refractivity contribution in [3.63, 3.8) is 0 Å². The zero-order chi connectivity index (χ0) is 13.3. The van der Waals surface area contributed by atoms with Crippen LogP contribution >= 0.6 is 0 Å². The van der Waals surface area contributed by atoms with Gasteiger partial charge in [0.1, 0.15) is 12.7 Å². The van der Waals surface area contributed by atoms with Crippen LogP contribution in [0.25, 0.3) is 0 Å². The first-order valence-corrected chi connectivity index (χ1v) is 5.55. The van der Waals surface area contributed by atoms with Gasteiger partial charge in [0.2, 0.25) is 0 Å². The molecule has 0 bridgehead atoms. The molecule has 100 valence electrons. The molecule has 0 aromatic heterocycles. The van der Waals surface area contributed by atoms with Gasteiger partial charge in [-0.05, 0) is 20.8 Å². The highest BCUT2D eigenvalue weighted by Gasteiger charge is 2.14. The second-order valence-electron chi connectivity index (χ2n) is 3.38. The fourth-order valence-corrected chi connectivity index (χ4v) is 0.951. The Hall–Kier alpha value is -0.950. The third kappa shape index (κ3) is 7.87. The number of esters is 1. The number of hydroxylamine groups is 2. The quantitative estimate of drug-likeness (QED) is 0.367. The zero-order valence-electron chi connectivity index (χ0n) is 10.6. The van der Waals surface area contributed by atoms with Crippen molar-refractivity contribution in [3.8, 4) is 0 Å². The maximum atomic E-state index is 11.1. The predicted octanol–water partition coefficient (Wildman–Crippen LogP) is 0.672. The largest absolute Gasteiger partial charge is 0.460 e. The van der Waals surface area contributed by atoms with Crippen molar-refractivity contribution in [2.24, 2.45) is 0 Å². The van der Waals surface area contributed by atoms with Crippen molar-refractivity contribution >= 4 is 5.97 Å². The number of hydrogen-bond acceptors (Lipinski definition) is 6. The van der Waals surface area contributed by atoms with Gasteiger partial charge in [-0.1, -0.05) is 11.8 Å². The van der Waals surface area contributed by atoms with Crippen LogP contribution in [0.2, 0.25) is 0 Å². The van der Waals surface area contributed by atoms with Gasteiger partial charge in [-0.2, -0.15) is 0 Å². The van der Waals surface area contributed by atoms with Gasteiger partial charge in [-0.15, -0.1) is 0 Å². The molecule has 0 amide bonds. The molecule has 1 unspecified atom stereocenters. The van der Waals surface area contributed by atoms with Gasteiger partial charge in [-0.25, -0.2) is 4.79 Å². The first-order valence-electron chi connectivity index (χ1n) is 5.55. The number of carbonyl (C=O) groups is 1. The van der Waals surface area contributed by atoms with Gasteiger partial charge in [0.25, 0.3) is 0 Å².